The van der Waals surface area contributed by atoms with Gasteiger partial charge in [0, 0.05) is 19.0 Å². The van der Waals surface area contributed by atoms with Crippen molar-refractivity contribution in [1.82, 2.24) is 10.2 Å². The third-order valence-corrected chi connectivity index (χ3v) is 3.72. The Hall–Kier alpha value is -1.39. The van der Waals surface area contributed by atoms with Crippen molar-refractivity contribution < 1.29 is 4.79 Å². The highest BCUT2D eigenvalue weighted by atomic mass is 16.1. The van der Waals surface area contributed by atoms with E-state index in [1.165, 1.54) is 11.1 Å². The summed E-state index contributed by atoms with van der Waals surface area (Å²) < 4.78 is 0. The Bertz CT molecular complexity index is 426. The standard InChI is InChI=1S/C17H29N3O/c1-5-14-7-9-15(10-8-14)16(20(3)4)12-19-17(21)11-6-13(2)18/h7-10,13,16H,5-6,11-12,18H2,1-4H3,(H,19,21). The Kier molecular flexibility index (Phi) is 7.40. The molecule has 4 heteroatoms. The largest absolute Gasteiger partial charge is 0.354 e. The van der Waals surface area contributed by atoms with Crippen LogP contribution in [0.5, 0.6) is 0 Å². The molecule has 1 aromatic carbocycles. The molecule has 2 atom stereocenters. The molecule has 0 aliphatic carbocycles. The van der Waals surface area contributed by atoms with Crippen molar-refractivity contribution in [3.8, 4) is 0 Å². The molecule has 1 amide bonds. The van der Waals surface area contributed by atoms with Gasteiger partial charge >= 0.3 is 0 Å². The van der Waals surface area contributed by atoms with Crippen LogP contribution < -0.4 is 11.1 Å². The maximum atomic E-state index is 11.8. The zero-order valence-electron chi connectivity index (χ0n) is 13.7. The van der Waals surface area contributed by atoms with Crippen molar-refractivity contribution in [2.24, 2.45) is 5.73 Å². The molecule has 0 spiro atoms. The molecule has 0 heterocycles. The molecule has 1 aromatic rings. The summed E-state index contributed by atoms with van der Waals surface area (Å²) in [6, 6.07) is 8.88. The number of rotatable bonds is 8. The van der Waals surface area contributed by atoms with E-state index < -0.39 is 0 Å². The van der Waals surface area contributed by atoms with Crippen LogP contribution in [0.25, 0.3) is 0 Å². The first-order valence-corrected chi connectivity index (χ1v) is 7.71. The topological polar surface area (TPSA) is 58.4 Å². The SMILES string of the molecule is CCc1ccc(C(CNC(=O)CCC(C)N)N(C)C)cc1. The van der Waals surface area contributed by atoms with Crippen LogP contribution in [0.4, 0.5) is 0 Å². The van der Waals surface area contributed by atoms with Crippen LogP contribution in [0.15, 0.2) is 24.3 Å². The number of nitrogens with zero attached hydrogens (tertiary/aromatic N) is 1. The number of hydrogen-bond donors (Lipinski definition) is 2. The van der Waals surface area contributed by atoms with E-state index >= 15 is 0 Å². The Morgan fingerprint density at radius 2 is 1.90 bits per heavy atom. The minimum Gasteiger partial charge on any atom is -0.354 e. The van der Waals surface area contributed by atoms with Crippen LogP contribution in [0.3, 0.4) is 0 Å². The molecule has 118 valence electrons. The summed E-state index contributed by atoms with van der Waals surface area (Å²) in [5.74, 6) is 0.0735. The third-order valence-electron chi connectivity index (χ3n) is 3.72. The van der Waals surface area contributed by atoms with Crippen LogP contribution in [-0.2, 0) is 11.2 Å². The predicted molar refractivity (Wildman–Crippen MR) is 88.1 cm³/mol. The van der Waals surface area contributed by atoms with Gasteiger partial charge in [0.05, 0.1) is 6.04 Å². The van der Waals surface area contributed by atoms with Gasteiger partial charge in [0.15, 0.2) is 0 Å². The van der Waals surface area contributed by atoms with Crippen molar-refractivity contribution in [3.63, 3.8) is 0 Å². The molecule has 3 N–H and O–H groups in total. The van der Waals surface area contributed by atoms with Gasteiger partial charge in [0.1, 0.15) is 0 Å². The Balaban J connectivity index is 2.59. The smallest absolute Gasteiger partial charge is 0.220 e. The lowest BCUT2D eigenvalue weighted by atomic mass is 10.0. The summed E-state index contributed by atoms with van der Waals surface area (Å²) in [6.07, 6.45) is 2.26. The van der Waals surface area contributed by atoms with E-state index in [2.05, 4.69) is 41.4 Å². The normalized spacial score (nSPS) is 14.0. The van der Waals surface area contributed by atoms with Gasteiger partial charge in [-0.05, 0) is 45.0 Å². The van der Waals surface area contributed by atoms with E-state index in [0.29, 0.717) is 13.0 Å². The molecular formula is C17H29N3O. The highest BCUT2D eigenvalue weighted by molar-refractivity contribution is 5.75. The molecule has 0 radical (unpaired) electrons. The van der Waals surface area contributed by atoms with Gasteiger partial charge in [0.25, 0.3) is 0 Å². The second kappa shape index (κ2) is 8.80. The lowest BCUT2D eigenvalue weighted by Crippen LogP contribution is -2.35. The number of carbonyl (C=O) groups excluding carboxylic acids is 1. The van der Waals surface area contributed by atoms with Crippen LogP contribution in [0, 0.1) is 0 Å². The van der Waals surface area contributed by atoms with Gasteiger partial charge in [-0.25, -0.2) is 0 Å². The first-order valence-electron chi connectivity index (χ1n) is 7.71. The fourth-order valence-corrected chi connectivity index (χ4v) is 2.23. The van der Waals surface area contributed by atoms with Gasteiger partial charge in [-0.15, -0.1) is 0 Å². The van der Waals surface area contributed by atoms with Gasteiger partial charge in [-0.3, -0.25) is 4.79 Å². The minimum atomic E-state index is 0.0713. The third kappa shape index (κ3) is 6.27. The van der Waals surface area contributed by atoms with Crippen LogP contribution >= 0.6 is 0 Å². The monoisotopic (exact) mass is 291 g/mol. The maximum absolute atomic E-state index is 11.8. The molecule has 1 rings (SSSR count). The van der Waals surface area contributed by atoms with Crippen LogP contribution in [-0.4, -0.2) is 37.5 Å². The average Bonchev–Trinajstić information content (AvgIpc) is 2.45. The quantitative estimate of drug-likeness (QED) is 0.771. The van der Waals surface area contributed by atoms with E-state index in [1.807, 2.05) is 21.0 Å². The van der Waals surface area contributed by atoms with Crippen molar-refractivity contribution >= 4 is 5.91 Å². The first-order chi connectivity index (χ1) is 9.93. The summed E-state index contributed by atoms with van der Waals surface area (Å²) in [5, 5.41) is 3.01. The molecule has 0 fully saturated rings. The molecule has 2 unspecified atom stereocenters. The maximum Gasteiger partial charge on any atom is 0.220 e. The van der Waals surface area contributed by atoms with Crippen molar-refractivity contribution in [2.75, 3.05) is 20.6 Å². The number of benzene rings is 1. The molecule has 4 nitrogen and oxygen atoms in total. The minimum absolute atomic E-state index is 0.0713. The second-order valence-electron chi connectivity index (χ2n) is 5.89. The van der Waals surface area contributed by atoms with E-state index in [9.17, 15) is 4.79 Å². The van der Waals surface area contributed by atoms with E-state index in [1.54, 1.807) is 0 Å². The van der Waals surface area contributed by atoms with Crippen molar-refractivity contribution in [3.05, 3.63) is 35.4 Å². The molecular weight excluding hydrogens is 262 g/mol. The molecule has 0 bridgehead atoms. The van der Waals surface area contributed by atoms with E-state index in [-0.39, 0.29) is 18.0 Å². The molecule has 0 aliphatic heterocycles. The van der Waals surface area contributed by atoms with Gasteiger partial charge in [0.2, 0.25) is 5.91 Å². The average molecular weight is 291 g/mol. The van der Waals surface area contributed by atoms with E-state index in [0.717, 1.165) is 12.8 Å². The summed E-state index contributed by atoms with van der Waals surface area (Å²) in [7, 11) is 4.07. The highest BCUT2D eigenvalue weighted by Crippen LogP contribution is 2.18. The predicted octanol–water partition coefficient (Wildman–Crippen LogP) is 2.10. The van der Waals surface area contributed by atoms with Crippen LogP contribution in [0.1, 0.15) is 43.9 Å². The van der Waals surface area contributed by atoms with Gasteiger partial charge in [-0.1, -0.05) is 31.2 Å². The number of amides is 1. The van der Waals surface area contributed by atoms with Crippen LogP contribution in [0.2, 0.25) is 0 Å². The highest BCUT2D eigenvalue weighted by Gasteiger charge is 2.15. The number of aryl methyl sites for hydroxylation is 1. The summed E-state index contributed by atoms with van der Waals surface area (Å²) in [6.45, 7) is 4.69. The second-order valence-corrected chi connectivity index (χ2v) is 5.89. The lowest BCUT2D eigenvalue weighted by molar-refractivity contribution is -0.121. The Morgan fingerprint density at radius 1 is 1.29 bits per heavy atom. The summed E-state index contributed by atoms with van der Waals surface area (Å²) >= 11 is 0. The number of likely N-dealkylation sites (N-methyl/N-ethyl adjacent to an activating group) is 1. The summed E-state index contributed by atoms with van der Waals surface area (Å²) in [5.41, 5.74) is 8.23. The number of nitrogens with one attached hydrogen (secondary N) is 1. The van der Waals surface area contributed by atoms with Crippen molar-refractivity contribution in [2.45, 2.75) is 45.2 Å². The molecule has 0 aromatic heterocycles. The fraction of sp³-hybridized carbons (Fsp3) is 0.588. The molecule has 21 heavy (non-hydrogen) atoms. The van der Waals surface area contributed by atoms with Crippen molar-refractivity contribution in [1.29, 1.82) is 0 Å². The van der Waals surface area contributed by atoms with E-state index in [4.69, 9.17) is 5.73 Å². The molecule has 0 saturated carbocycles. The van der Waals surface area contributed by atoms with Gasteiger partial charge < -0.3 is 16.0 Å². The van der Waals surface area contributed by atoms with Gasteiger partial charge in [-0.2, -0.15) is 0 Å². The number of hydrogen-bond acceptors (Lipinski definition) is 3. The zero-order valence-corrected chi connectivity index (χ0v) is 13.7. The lowest BCUT2D eigenvalue weighted by Gasteiger charge is -2.25. The fourth-order valence-electron chi connectivity index (χ4n) is 2.23. The Morgan fingerprint density at radius 3 is 2.38 bits per heavy atom. The zero-order chi connectivity index (χ0) is 15.8. The Labute approximate surface area is 128 Å². The molecule has 0 saturated heterocycles. The molecule has 0 aliphatic rings. The summed E-state index contributed by atoms with van der Waals surface area (Å²) in [4.78, 5) is 14.0. The number of nitrogens with two attached hydrogens (primary N) is 1. The first kappa shape index (κ1) is 17.7. The number of carbonyl (C=O) groups is 1.